The molecule has 0 aromatic carbocycles. The SMILES string of the molecule is CSCCc1nc([C@H](C)Cn2cccn2)n(C2CCCCC2)n1. The van der Waals surface area contributed by atoms with Crippen LogP contribution < -0.4 is 0 Å². The Hall–Kier alpha value is -1.30. The molecule has 3 rings (SSSR count). The van der Waals surface area contributed by atoms with E-state index in [1.807, 2.05) is 34.9 Å². The topological polar surface area (TPSA) is 48.5 Å². The van der Waals surface area contributed by atoms with Gasteiger partial charge in [-0.1, -0.05) is 26.2 Å². The van der Waals surface area contributed by atoms with Crippen molar-refractivity contribution in [3.63, 3.8) is 0 Å². The smallest absolute Gasteiger partial charge is 0.151 e. The molecule has 0 spiro atoms. The monoisotopic (exact) mass is 333 g/mol. The Bertz CT molecular complexity index is 586. The van der Waals surface area contributed by atoms with Gasteiger partial charge in [-0.3, -0.25) is 4.68 Å². The maximum atomic E-state index is 4.90. The number of nitrogens with zero attached hydrogens (tertiary/aromatic N) is 5. The predicted octanol–water partition coefficient (Wildman–Crippen LogP) is 3.69. The number of aryl methyl sites for hydroxylation is 1. The molecule has 0 unspecified atom stereocenters. The number of hydrogen-bond acceptors (Lipinski definition) is 4. The molecule has 2 heterocycles. The van der Waals surface area contributed by atoms with Crippen LogP contribution in [0.4, 0.5) is 0 Å². The average molecular weight is 334 g/mol. The summed E-state index contributed by atoms with van der Waals surface area (Å²) < 4.78 is 4.25. The first-order valence-electron chi connectivity index (χ1n) is 8.69. The largest absolute Gasteiger partial charge is 0.272 e. The lowest BCUT2D eigenvalue weighted by Crippen LogP contribution is -2.20. The fraction of sp³-hybridized carbons (Fsp3) is 0.706. The predicted molar refractivity (Wildman–Crippen MR) is 94.9 cm³/mol. The maximum absolute atomic E-state index is 4.90. The molecule has 23 heavy (non-hydrogen) atoms. The lowest BCUT2D eigenvalue weighted by Gasteiger charge is -2.24. The molecule has 0 radical (unpaired) electrons. The quantitative estimate of drug-likeness (QED) is 0.775. The third-order valence-corrected chi connectivity index (χ3v) is 5.23. The van der Waals surface area contributed by atoms with Gasteiger partial charge < -0.3 is 0 Å². The van der Waals surface area contributed by atoms with Gasteiger partial charge in [-0.2, -0.15) is 22.0 Å². The molecule has 1 aliphatic rings. The Morgan fingerprint density at radius 1 is 1.30 bits per heavy atom. The van der Waals surface area contributed by atoms with Crippen LogP contribution in [-0.2, 0) is 13.0 Å². The van der Waals surface area contributed by atoms with E-state index in [0.29, 0.717) is 12.0 Å². The van der Waals surface area contributed by atoms with E-state index in [2.05, 4.69) is 23.0 Å². The van der Waals surface area contributed by atoms with E-state index in [1.54, 1.807) is 0 Å². The van der Waals surface area contributed by atoms with Crippen molar-refractivity contribution in [3.05, 3.63) is 30.1 Å². The molecule has 2 aromatic heterocycles. The third kappa shape index (κ3) is 4.16. The van der Waals surface area contributed by atoms with Crippen molar-refractivity contribution >= 4 is 11.8 Å². The second-order valence-electron chi connectivity index (χ2n) is 6.49. The van der Waals surface area contributed by atoms with Crippen LogP contribution in [0.1, 0.15) is 62.6 Å². The highest BCUT2D eigenvalue weighted by Crippen LogP contribution is 2.30. The molecular formula is C17H27N5S. The van der Waals surface area contributed by atoms with Crippen LogP contribution in [0.2, 0.25) is 0 Å². The molecule has 1 saturated carbocycles. The van der Waals surface area contributed by atoms with Crippen molar-refractivity contribution in [1.82, 2.24) is 24.5 Å². The van der Waals surface area contributed by atoms with Crippen molar-refractivity contribution in [1.29, 1.82) is 0 Å². The molecule has 0 bridgehead atoms. The molecule has 0 N–H and O–H groups in total. The standard InChI is InChI=1S/C17H27N5S/c1-14(13-21-11-6-10-18-21)17-19-16(9-12-23-2)20-22(17)15-7-4-3-5-8-15/h6,10-11,14-15H,3-5,7-9,12-13H2,1-2H3/t14-/m1/s1. The van der Waals surface area contributed by atoms with Crippen LogP contribution >= 0.6 is 11.8 Å². The zero-order chi connectivity index (χ0) is 16.1. The highest BCUT2D eigenvalue weighted by atomic mass is 32.2. The van der Waals surface area contributed by atoms with E-state index < -0.39 is 0 Å². The van der Waals surface area contributed by atoms with Gasteiger partial charge in [0.05, 0.1) is 12.6 Å². The van der Waals surface area contributed by atoms with Crippen molar-refractivity contribution in [3.8, 4) is 0 Å². The van der Waals surface area contributed by atoms with Crippen LogP contribution in [0, 0.1) is 0 Å². The Morgan fingerprint density at radius 2 is 2.13 bits per heavy atom. The fourth-order valence-corrected chi connectivity index (χ4v) is 3.77. The summed E-state index contributed by atoms with van der Waals surface area (Å²) >= 11 is 1.86. The van der Waals surface area contributed by atoms with Gasteiger partial charge in [-0.25, -0.2) is 9.67 Å². The van der Waals surface area contributed by atoms with Gasteiger partial charge in [0.1, 0.15) is 5.82 Å². The Morgan fingerprint density at radius 3 is 2.83 bits per heavy atom. The molecule has 0 amide bonds. The molecule has 126 valence electrons. The summed E-state index contributed by atoms with van der Waals surface area (Å²) in [4.78, 5) is 4.90. The van der Waals surface area contributed by atoms with Gasteiger partial charge in [0.25, 0.3) is 0 Å². The van der Waals surface area contributed by atoms with Crippen molar-refractivity contribution in [2.45, 2.75) is 64.0 Å². The molecule has 6 heteroatoms. The molecule has 5 nitrogen and oxygen atoms in total. The third-order valence-electron chi connectivity index (χ3n) is 4.61. The summed E-state index contributed by atoms with van der Waals surface area (Å²) in [7, 11) is 0. The van der Waals surface area contributed by atoms with Gasteiger partial charge in [0, 0.05) is 30.5 Å². The van der Waals surface area contributed by atoms with Gasteiger partial charge in [0.15, 0.2) is 5.82 Å². The van der Waals surface area contributed by atoms with Gasteiger partial charge >= 0.3 is 0 Å². The Labute approximate surface area is 142 Å². The summed E-state index contributed by atoms with van der Waals surface area (Å²) in [6, 6.07) is 2.51. The van der Waals surface area contributed by atoms with Crippen LogP contribution in [0.15, 0.2) is 18.5 Å². The number of thioether (sulfide) groups is 1. The maximum Gasteiger partial charge on any atom is 0.151 e. The summed E-state index contributed by atoms with van der Waals surface area (Å²) in [6.45, 7) is 3.10. The van der Waals surface area contributed by atoms with Crippen LogP contribution in [0.3, 0.4) is 0 Å². The van der Waals surface area contributed by atoms with Gasteiger partial charge in [-0.05, 0) is 25.2 Å². The van der Waals surface area contributed by atoms with Crippen molar-refractivity contribution < 1.29 is 0 Å². The second kappa shape index (κ2) is 7.99. The number of hydrogen-bond donors (Lipinski definition) is 0. The first-order chi connectivity index (χ1) is 11.3. The second-order valence-corrected chi connectivity index (χ2v) is 7.48. The van der Waals surface area contributed by atoms with E-state index in [9.17, 15) is 0 Å². The summed E-state index contributed by atoms with van der Waals surface area (Å²) in [6.07, 6.45) is 13.4. The Balaban J connectivity index is 1.81. The number of aromatic nitrogens is 5. The minimum Gasteiger partial charge on any atom is -0.272 e. The number of rotatable bonds is 7. The molecular weight excluding hydrogens is 306 g/mol. The normalized spacial score (nSPS) is 17.5. The average Bonchev–Trinajstić information content (AvgIpc) is 3.23. The first kappa shape index (κ1) is 16.6. The zero-order valence-corrected chi connectivity index (χ0v) is 15.0. The molecule has 0 saturated heterocycles. The summed E-state index contributed by atoms with van der Waals surface area (Å²) in [5.74, 6) is 3.56. The highest BCUT2D eigenvalue weighted by molar-refractivity contribution is 7.98. The van der Waals surface area contributed by atoms with Gasteiger partial charge in [0.2, 0.25) is 0 Å². The minimum atomic E-state index is 0.326. The summed E-state index contributed by atoms with van der Waals surface area (Å²) in [5, 5.41) is 9.22. The van der Waals surface area contributed by atoms with E-state index in [1.165, 1.54) is 32.1 Å². The lowest BCUT2D eigenvalue weighted by molar-refractivity contribution is 0.312. The van der Waals surface area contributed by atoms with Crippen LogP contribution in [-0.4, -0.2) is 36.6 Å². The summed E-state index contributed by atoms with van der Waals surface area (Å²) in [5.41, 5.74) is 0. The van der Waals surface area contributed by atoms with Gasteiger partial charge in [-0.15, -0.1) is 0 Å². The molecule has 1 atom stereocenters. The van der Waals surface area contributed by atoms with Crippen molar-refractivity contribution in [2.24, 2.45) is 0 Å². The molecule has 1 fully saturated rings. The highest BCUT2D eigenvalue weighted by Gasteiger charge is 2.24. The Kier molecular flexibility index (Phi) is 5.75. The van der Waals surface area contributed by atoms with E-state index in [4.69, 9.17) is 10.1 Å². The lowest BCUT2D eigenvalue weighted by atomic mass is 9.95. The molecule has 0 aliphatic heterocycles. The fourth-order valence-electron chi connectivity index (χ4n) is 3.38. The van der Waals surface area contributed by atoms with Crippen LogP contribution in [0.25, 0.3) is 0 Å². The first-order valence-corrected chi connectivity index (χ1v) is 10.1. The van der Waals surface area contributed by atoms with Crippen molar-refractivity contribution in [2.75, 3.05) is 12.0 Å². The molecule has 1 aliphatic carbocycles. The zero-order valence-electron chi connectivity index (χ0n) is 14.2. The van der Waals surface area contributed by atoms with E-state index in [-0.39, 0.29) is 0 Å². The minimum absolute atomic E-state index is 0.326. The van der Waals surface area contributed by atoms with E-state index >= 15 is 0 Å². The molecule has 2 aromatic rings. The van der Waals surface area contributed by atoms with Crippen LogP contribution in [0.5, 0.6) is 0 Å². The van der Waals surface area contributed by atoms with E-state index in [0.717, 1.165) is 30.4 Å².